The molecule has 0 spiro atoms. The Bertz CT molecular complexity index is 316. The Kier molecular flexibility index (Phi) is 4.28. The van der Waals surface area contributed by atoms with E-state index in [1.165, 1.54) is 0 Å². The Morgan fingerprint density at radius 1 is 1.53 bits per heavy atom. The molecule has 3 heteroatoms. The molecule has 0 aromatic carbocycles. The quantitative estimate of drug-likeness (QED) is 0.653. The normalized spacial score (nSPS) is 18.7. The summed E-state index contributed by atoms with van der Waals surface area (Å²) in [5.74, 6) is 0.197. The van der Waals surface area contributed by atoms with Crippen LogP contribution >= 0.6 is 0 Å². The van der Waals surface area contributed by atoms with Crippen LogP contribution in [0.15, 0.2) is 29.0 Å². The van der Waals surface area contributed by atoms with Crippen LogP contribution in [-0.4, -0.2) is 23.6 Å². The fourth-order valence-corrected chi connectivity index (χ4v) is 1.56. The average molecular weight is 206 g/mol. The van der Waals surface area contributed by atoms with Gasteiger partial charge in [0.25, 0.3) is 0 Å². The molecule has 82 valence electrons. The molecule has 1 fully saturated rings. The summed E-state index contributed by atoms with van der Waals surface area (Å²) < 4.78 is 0. The topological polar surface area (TPSA) is 32.7 Å². The zero-order valence-electron chi connectivity index (χ0n) is 9.49. The first kappa shape index (κ1) is 11.7. The Morgan fingerprint density at radius 3 is 2.80 bits per heavy atom. The van der Waals surface area contributed by atoms with E-state index < -0.39 is 0 Å². The van der Waals surface area contributed by atoms with Gasteiger partial charge in [0, 0.05) is 18.7 Å². The van der Waals surface area contributed by atoms with Crippen LogP contribution in [0, 0.1) is 0 Å². The van der Waals surface area contributed by atoms with Gasteiger partial charge < -0.3 is 4.90 Å². The lowest BCUT2D eigenvalue weighted by Gasteiger charge is -2.27. The molecule has 1 aliphatic heterocycles. The van der Waals surface area contributed by atoms with E-state index in [0.29, 0.717) is 6.42 Å². The van der Waals surface area contributed by atoms with Gasteiger partial charge in [-0.2, -0.15) is 0 Å². The molecule has 0 bridgehead atoms. The Balaban J connectivity index is 2.74. The van der Waals surface area contributed by atoms with Crippen molar-refractivity contribution < 1.29 is 4.79 Å². The maximum atomic E-state index is 11.6. The monoisotopic (exact) mass is 206 g/mol. The molecule has 1 heterocycles. The van der Waals surface area contributed by atoms with E-state index in [2.05, 4.69) is 11.6 Å². The lowest BCUT2D eigenvalue weighted by atomic mass is 10.1. The predicted octanol–water partition coefficient (Wildman–Crippen LogP) is 2.51. The summed E-state index contributed by atoms with van der Waals surface area (Å²) in [5, 5.41) is 0. The second-order valence-electron chi connectivity index (χ2n) is 3.71. The van der Waals surface area contributed by atoms with Gasteiger partial charge in [-0.15, -0.1) is 0 Å². The van der Waals surface area contributed by atoms with Crippen molar-refractivity contribution in [2.45, 2.75) is 33.1 Å². The summed E-state index contributed by atoms with van der Waals surface area (Å²) in [6.45, 7) is 8.26. The van der Waals surface area contributed by atoms with Crippen molar-refractivity contribution in [3.63, 3.8) is 0 Å². The van der Waals surface area contributed by atoms with Crippen molar-refractivity contribution in [3.05, 3.63) is 24.0 Å². The van der Waals surface area contributed by atoms with Crippen molar-refractivity contribution >= 4 is 12.1 Å². The van der Waals surface area contributed by atoms with Crippen LogP contribution in [-0.2, 0) is 4.79 Å². The van der Waals surface area contributed by atoms with Crippen molar-refractivity contribution in [1.29, 1.82) is 0 Å². The lowest BCUT2D eigenvalue weighted by Crippen LogP contribution is -2.35. The molecule has 3 nitrogen and oxygen atoms in total. The van der Waals surface area contributed by atoms with Gasteiger partial charge in [0.05, 0.1) is 11.9 Å². The summed E-state index contributed by atoms with van der Waals surface area (Å²) in [5.41, 5.74) is 1.63. The molecule has 1 aliphatic rings. The molecule has 0 aromatic rings. The number of nitrogens with zero attached hydrogens (tertiary/aromatic N) is 2. The number of piperidine rings is 1. The van der Waals surface area contributed by atoms with Crippen LogP contribution in [0.2, 0.25) is 0 Å². The second kappa shape index (κ2) is 5.49. The first-order chi connectivity index (χ1) is 7.15. The number of rotatable bonds is 3. The van der Waals surface area contributed by atoms with Crippen LogP contribution in [0.4, 0.5) is 0 Å². The van der Waals surface area contributed by atoms with Crippen LogP contribution in [0.3, 0.4) is 0 Å². The largest absolute Gasteiger partial charge is 0.311 e. The van der Waals surface area contributed by atoms with E-state index in [4.69, 9.17) is 0 Å². The van der Waals surface area contributed by atoms with Gasteiger partial charge in [-0.25, -0.2) is 0 Å². The van der Waals surface area contributed by atoms with Gasteiger partial charge in [0.1, 0.15) is 0 Å². The number of carbonyl (C=O) groups excluding carboxylic acids is 1. The summed E-state index contributed by atoms with van der Waals surface area (Å²) in [6, 6.07) is 0. The van der Waals surface area contributed by atoms with Crippen molar-refractivity contribution in [2.24, 2.45) is 4.99 Å². The van der Waals surface area contributed by atoms with Crippen LogP contribution in [0.25, 0.3) is 0 Å². The van der Waals surface area contributed by atoms with E-state index in [1.54, 1.807) is 11.1 Å². The number of likely N-dealkylation sites (tertiary alicyclic amines) is 1. The number of carbonyl (C=O) groups is 1. The summed E-state index contributed by atoms with van der Waals surface area (Å²) in [4.78, 5) is 17.6. The molecule has 1 rings (SSSR count). The van der Waals surface area contributed by atoms with Gasteiger partial charge in [0.15, 0.2) is 0 Å². The van der Waals surface area contributed by atoms with Gasteiger partial charge in [-0.05, 0) is 26.7 Å². The molecule has 0 saturated carbocycles. The third kappa shape index (κ3) is 3.35. The number of allylic oxidation sites excluding steroid dienone is 3. The summed E-state index contributed by atoms with van der Waals surface area (Å²) in [7, 11) is 0. The minimum absolute atomic E-state index is 0.197. The summed E-state index contributed by atoms with van der Waals surface area (Å²) in [6.07, 6.45) is 6.35. The molecule has 15 heavy (non-hydrogen) atoms. The van der Waals surface area contributed by atoms with E-state index in [-0.39, 0.29) is 5.91 Å². The van der Waals surface area contributed by atoms with Crippen LogP contribution < -0.4 is 0 Å². The maximum absolute atomic E-state index is 11.6. The molecule has 0 unspecified atom stereocenters. The standard InChI is InChI=1S/C12H18N2O/c1-4-11(9-13-10(2)3)14-8-6-5-7-12(14)15/h4,9H,2,5-8H2,1,3H3/b11-4+,13-9?. The molecule has 1 saturated heterocycles. The van der Waals surface area contributed by atoms with Gasteiger partial charge in [0.2, 0.25) is 5.91 Å². The molecule has 0 aromatic heterocycles. The van der Waals surface area contributed by atoms with Crippen molar-refractivity contribution in [2.75, 3.05) is 6.54 Å². The van der Waals surface area contributed by atoms with E-state index in [0.717, 1.165) is 30.8 Å². The fraction of sp³-hybridized carbons (Fsp3) is 0.500. The van der Waals surface area contributed by atoms with E-state index in [1.807, 2.05) is 19.9 Å². The molecule has 1 amide bonds. The van der Waals surface area contributed by atoms with E-state index in [9.17, 15) is 4.79 Å². The molecular formula is C12H18N2O. The second-order valence-corrected chi connectivity index (χ2v) is 3.71. The predicted molar refractivity (Wildman–Crippen MR) is 62.6 cm³/mol. The van der Waals surface area contributed by atoms with E-state index >= 15 is 0 Å². The first-order valence-electron chi connectivity index (χ1n) is 5.31. The minimum Gasteiger partial charge on any atom is -0.311 e. The van der Waals surface area contributed by atoms with Crippen molar-refractivity contribution in [3.8, 4) is 0 Å². The average Bonchev–Trinajstić information content (AvgIpc) is 2.21. The smallest absolute Gasteiger partial charge is 0.227 e. The fourth-order valence-electron chi connectivity index (χ4n) is 1.56. The minimum atomic E-state index is 0.197. The highest BCUT2D eigenvalue weighted by atomic mass is 16.2. The zero-order valence-corrected chi connectivity index (χ0v) is 9.49. The first-order valence-corrected chi connectivity index (χ1v) is 5.31. The molecule has 0 aliphatic carbocycles. The van der Waals surface area contributed by atoms with Gasteiger partial charge in [-0.1, -0.05) is 12.7 Å². The molecule has 0 N–H and O–H groups in total. The number of amides is 1. The molecular weight excluding hydrogens is 188 g/mol. The van der Waals surface area contributed by atoms with Crippen LogP contribution in [0.5, 0.6) is 0 Å². The molecule has 0 radical (unpaired) electrons. The van der Waals surface area contributed by atoms with Gasteiger partial charge >= 0.3 is 0 Å². The third-order valence-electron chi connectivity index (χ3n) is 2.35. The molecule has 0 atom stereocenters. The highest BCUT2D eigenvalue weighted by molar-refractivity contribution is 5.88. The highest BCUT2D eigenvalue weighted by Gasteiger charge is 2.19. The lowest BCUT2D eigenvalue weighted by molar-refractivity contribution is -0.130. The Labute approximate surface area is 91.2 Å². The highest BCUT2D eigenvalue weighted by Crippen LogP contribution is 2.15. The van der Waals surface area contributed by atoms with Crippen LogP contribution in [0.1, 0.15) is 33.1 Å². The SMILES string of the molecule is C=C(C)N=C/C(=C\C)N1CCCCC1=O. The Morgan fingerprint density at radius 2 is 2.27 bits per heavy atom. The van der Waals surface area contributed by atoms with Crippen molar-refractivity contribution in [1.82, 2.24) is 4.90 Å². The summed E-state index contributed by atoms with van der Waals surface area (Å²) >= 11 is 0. The number of hydrogen-bond acceptors (Lipinski definition) is 2. The number of hydrogen-bond donors (Lipinski definition) is 0. The zero-order chi connectivity index (χ0) is 11.3. The van der Waals surface area contributed by atoms with Gasteiger partial charge in [-0.3, -0.25) is 9.79 Å². The third-order valence-corrected chi connectivity index (χ3v) is 2.35. The maximum Gasteiger partial charge on any atom is 0.227 e. The Hall–Kier alpha value is -1.38. The number of aliphatic imine (C=N–C) groups is 1.